The lowest BCUT2D eigenvalue weighted by molar-refractivity contribution is 0.257. The standard InChI is InChI=1S/C31H39FN2O3S2/c1-31(2,3)26-9-6-23(7-10-26)14-16-34-17-15-24-20-28(12-8-25(24)22-34)38-33-30-13-11-27(21-29(30)32)37-18-5-19-39(4,35)36/h6-13,20-21,33H,5,14-19,22H2,1-4H3. The van der Waals surface area contributed by atoms with Crippen LogP contribution in [0.1, 0.15) is 49.4 Å². The van der Waals surface area contributed by atoms with Gasteiger partial charge in [-0.3, -0.25) is 4.90 Å². The summed E-state index contributed by atoms with van der Waals surface area (Å²) in [4.78, 5) is 3.56. The van der Waals surface area contributed by atoms with Crippen molar-refractivity contribution in [2.24, 2.45) is 0 Å². The number of nitrogens with zero attached hydrogens (tertiary/aromatic N) is 1. The number of benzene rings is 3. The predicted molar refractivity (Wildman–Crippen MR) is 160 cm³/mol. The highest BCUT2D eigenvalue weighted by atomic mass is 32.2. The van der Waals surface area contributed by atoms with Gasteiger partial charge in [-0.1, -0.05) is 51.1 Å². The van der Waals surface area contributed by atoms with E-state index in [0.717, 1.165) is 37.4 Å². The first kappa shape index (κ1) is 29.4. The van der Waals surface area contributed by atoms with Crippen LogP contribution >= 0.6 is 11.9 Å². The van der Waals surface area contributed by atoms with Crippen molar-refractivity contribution in [1.29, 1.82) is 0 Å². The van der Waals surface area contributed by atoms with Crippen LogP contribution in [0.4, 0.5) is 10.1 Å². The second kappa shape index (κ2) is 12.7. The topological polar surface area (TPSA) is 58.6 Å². The molecule has 3 aromatic rings. The molecule has 0 bridgehead atoms. The molecule has 0 amide bonds. The van der Waals surface area contributed by atoms with Crippen LogP contribution in [-0.2, 0) is 34.6 Å². The molecule has 4 rings (SSSR count). The molecule has 5 nitrogen and oxygen atoms in total. The Hall–Kier alpha value is -2.55. The van der Waals surface area contributed by atoms with E-state index >= 15 is 0 Å². The van der Waals surface area contributed by atoms with Crippen molar-refractivity contribution in [1.82, 2.24) is 4.90 Å². The lowest BCUT2D eigenvalue weighted by Gasteiger charge is -2.29. The van der Waals surface area contributed by atoms with Gasteiger partial charge < -0.3 is 9.46 Å². The number of anilines is 1. The SMILES string of the molecule is CC(C)(C)c1ccc(CCN2CCc3cc(SNc4ccc(OCCCS(C)(=O)=O)cc4F)ccc3C2)cc1. The molecule has 39 heavy (non-hydrogen) atoms. The Labute approximate surface area is 237 Å². The molecule has 0 aliphatic carbocycles. The van der Waals surface area contributed by atoms with Gasteiger partial charge in [0.15, 0.2) is 5.82 Å². The van der Waals surface area contributed by atoms with Crippen LogP contribution in [0, 0.1) is 5.82 Å². The molecular weight excluding hydrogens is 531 g/mol. The predicted octanol–water partition coefficient (Wildman–Crippen LogP) is 6.66. The van der Waals surface area contributed by atoms with Crippen LogP contribution in [-0.4, -0.2) is 45.0 Å². The summed E-state index contributed by atoms with van der Waals surface area (Å²) >= 11 is 1.39. The zero-order valence-electron chi connectivity index (χ0n) is 23.3. The van der Waals surface area contributed by atoms with Gasteiger partial charge in [-0.25, -0.2) is 12.8 Å². The fourth-order valence-corrected chi connectivity index (χ4v) is 5.97. The minimum Gasteiger partial charge on any atom is -0.493 e. The van der Waals surface area contributed by atoms with Crippen LogP contribution in [0.15, 0.2) is 65.6 Å². The number of fused-ring (bicyclic) bond motifs is 1. The average molecular weight is 571 g/mol. The molecule has 0 saturated heterocycles. The number of rotatable bonds is 11. The second-order valence-electron chi connectivity index (χ2n) is 11.3. The van der Waals surface area contributed by atoms with Gasteiger partial charge in [-0.05, 0) is 83.1 Å². The third kappa shape index (κ3) is 8.98. The number of hydrogen-bond acceptors (Lipinski definition) is 6. The Morgan fingerprint density at radius 2 is 1.79 bits per heavy atom. The average Bonchev–Trinajstić information content (AvgIpc) is 2.88. The Kier molecular flexibility index (Phi) is 9.62. The van der Waals surface area contributed by atoms with Crippen LogP contribution < -0.4 is 9.46 Å². The highest BCUT2D eigenvalue weighted by Gasteiger charge is 2.17. The summed E-state index contributed by atoms with van der Waals surface area (Å²) in [5, 5.41) is 0. The van der Waals surface area contributed by atoms with Gasteiger partial charge in [-0.2, -0.15) is 0 Å². The molecule has 1 aliphatic heterocycles. The molecule has 0 spiro atoms. The van der Waals surface area contributed by atoms with E-state index < -0.39 is 15.7 Å². The van der Waals surface area contributed by atoms with Gasteiger partial charge in [0.2, 0.25) is 0 Å². The van der Waals surface area contributed by atoms with Crippen molar-refractivity contribution >= 4 is 27.5 Å². The van der Waals surface area contributed by atoms with E-state index in [-0.39, 0.29) is 17.8 Å². The smallest absolute Gasteiger partial charge is 0.150 e. The van der Waals surface area contributed by atoms with Gasteiger partial charge in [-0.15, -0.1) is 0 Å². The van der Waals surface area contributed by atoms with E-state index in [1.807, 2.05) is 0 Å². The number of nitrogens with one attached hydrogen (secondary N) is 1. The largest absolute Gasteiger partial charge is 0.493 e. The zero-order valence-corrected chi connectivity index (χ0v) is 24.9. The van der Waals surface area contributed by atoms with E-state index in [1.54, 1.807) is 12.1 Å². The molecule has 0 fully saturated rings. The zero-order chi connectivity index (χ0) is 28.0. The van der Waals surface area contributed by atoms with Crippen LogP contribution in [0.3, 0.4) is 0 Å². The van der Waals surface area contributed by atoms with Crippen molar-refractivity contribution in [3.63, 3.8) is 0 Å². The van der Waals surface area contributed by atoms with Crippen LogP contribution in [0.2, 0.25) is 0 Å². The summed E-state index contributed by atoms with van der Waals surface area (Å²) < 4.78 is 45.6. The fourth-order valence-electron chi connectivity index (χ4n) is 4.59. The van der Waals surface area contributed by atoms with Gasteiger partial charge in [0, 0.05) is 36.9 Å². The first-order valence-electron chi connectivity index (χ1n) is 13.4. The van der Waals surface area contributed by atoms with Crippen molar-refractivity contribution in [2.75, 3.05) is 36.4 Å². The van der Waals surface area contributed by atoms with E-state index in [2.05, 4.69) is 72.9 Å². The van der Waals surface area contributed by atoms with Crippen LogP contribution in [0.25, 0.3) is 0 Å². The minimum absolute atomic E-state index is 0.0524. The molecule has 1 aliphatic rings. The van der Waals surface area contributed by atoms with Gasteiger partial charge in [0.25, 0.3) is 0 Å². The van der Waals surface area contributed by atoms with E-state index in [4.69, 9.17) is 4.74 Å². The molecule has 8 heteroatoms. The highest BCUT2D eigenvalue weighted by Crippen LogP contribution is 2.29. The summed E-state index contributed by atoms with van der Waals surface area (Å²) in [6, 6.07) is 20.2. The maximum absolute atomic E-state index is 14.6. The molecule has 0 unspecified atom stereocenters. The van der Waals surface area contributed by atoms with Crippen molar-refractivity contribution in [3.05, 3.63) is 88.7 Å². The summed E-state index contributed by atoms with van der Waals surface area (Å²) in [5.74, 6) is 0.0261. The quantitative estimate of drug-likeness (QED) is 0.206. The van der Waals surface area contributed by atoms with Gasteiger partial charge in [0.05, 0.1) is 18.0 Å². The Bertz CT molecular complexity index is 1370. The second-order valence-corrected chi connectivity index (χ2v) is 14.5. The monoisotopic (exact) mass is 570 g/mol. The Morgan fingerprint density at radius 3 is 2.49 bits per heavy atom. The molecule has 210 valence electrons. The molecule has 3 aromatic carbocycles. The summed E-state index contributed by atoms with van der Waals surface area (Å²) in [6.45, 7) is 9.99. The van der Waals surface area contributed by atoms with Crippen molar-refractivity contribution in [3.8, 4) is 5.75 Å². The Balaban J connectivity index is 1.25. The van der Waals surface area contributed by atoms with E-state index in [1.165, 1.54) is 46.5 Å². The molecule has 0 saturated carbocycles. The first-order chi connectivity index (χ1) is 18.5. The maximum Gasteiger partial charge on any atom is 0.150 e. The lowest BCUT2D eigenvalue weighted by atomic mass is 9.86. The maximum atomic E-state index is 14.6. The number of halogens is 1. The van der Waals surface area contributed by atoms with Gasteiger partial charge >= 0.3 is 0 Å². The fraction of sp³-hybridized carbons (Fsp3) is 0.419. The molecular formula is C31H39FN2O3S2. The molecule has 0 atom stereocenters. The Morgan fingerprint density at radius 1 is 1.03 bits per heavy atom. The number of sulfone groups is 1. The summed E-state index contributed by atoms with van der Waals surface area (Å²) in [7, 11) is -3.02. The third-order valence-corrected chi connectivity index (χ3v) is 8.80. The molecule has 1 N–H and O–H groups in total. The van der Waals surface area contributed by atoms with Crippen LogP contribution in [0.5, 0.6) is 5.75 Å². The summed E-state index contributed by atoms with van der Waals surface area (Å²) in [5.41, 5.74) is 6.02. The third-order valence-electron chi connectivity index (χ3n) is 6.95. The molecule has 0 aromatic heterocycles. The lowest BCUT2D eigenvalue weighted by Crippen LogP contribution is -2.32. The molecule has 0 radical (unpaired) electrons. The minimum atomic E-state index is -3.02. The van der Waals surface area contributed by atoms with Crippen molar-refractivity contribution in [2.45, 2.75) is 56.9 Å². The normalized spacial score (nSPS) is 14.2. The molecule has 1 heterocycles. The van der Waals surface area contributed by atoms with E-state index in [9.17, 15) is 12.8 Å². The van der Waals surface area contributed by atoms with Gasteiger partial charge in [0.1, 0.15) is 15.6 Å². The number of ether oxygens (including phenoxy) is 1. The first-order valence-corrected chi connectivity index (χ1v) is 16.3. The van der Waals surface area contributed by atoms with Crippen molar-refractivity contribution < 1.29 is 17.5 Å². The van der Waals surface area contributed by atoms with E-state index in [0.29, 0.717) is 17.9 Å². The summed E-state index contributed by atoms with van der Waals surface area (Å²) in [6.07, 6.45) is 3.62. The highest BCUT2D eigenvalue weighted by molar-refractivity contribution is 8.00. The number of hydrogen-bond donors (Lipinski definition) is 1.